The van der Waals surface area contributed by atoms with Crippen molar-refractivity contribution < 1.29 is 0 Å². The molecule has 20 heavy (non-hydrogen) atoms. The van der Waals surface area contributed by atoms with Crippen molar-refractivity contribution in [2.24, 2.45) is 0 Å². The van der Waals surface area contributed by atoms with E-state index in [0.717, 1.165) is 0 Å². The minimum atomic E-state index is 0.176. The van der Waals surface area contributed by atoms with Gasteiger partial charge in [-0.3, -0.25) is 4.68 Å². The van der Waals surface area contributed by atoms with Crippen molar-refractivity contribution in [3.05, 3.63) is 53.3 Å². The lowest BCUT2D eigenvalue weighted by Gasteiger charge is -2.17. The highest BCUT2D eigenvalue weighted by atomic mass is 35.5. The predicted molar refractivity (Wildman–Crippen MR) is 85.8 cm³/mol. The van der Waals surface area contributed by atoms with E-state index in [-0.39, 0.29) is 6.04 Å². The molecule has 0 aliphatic heterocycles. The van der Waals surface area contributed by atoms with E-state index in [4.69, 9.17) is 23.8 Å². The Morgan fingerprint density at radius 2 is 2.15 bits per heavy atom. The van der Waals surface area contributed by atoms with Gasteiger partial charge in [0.15, 0.2) is 5.11 Å². The van der Waals surface area contributed by atoms with Crippen LogP contribution in [0.5, 0.6) is 0 Å². The molecule has 106 valence electrons. The molecule has 0 aliphatic rings. The van der Waals surface area contributed by atoms with E-state index < -0.39 is 0 Å². The summed E-state index contributed by atoms with van der Waals surface area (Å²) in [5, 5.41) is 11.8. The molecule has 4 nitrogen and oxygen atoms in total. The SMILES string of the molecule is CC(NC(=S)NCCn1cc(Cl)cn1)c1ccccc1. The van der Waals surface area contributed by atoms with E-state index in [1.165, 1.54) is 5.56 Å². The average molecular weight is 309 g/mol. The smallest absolute Gasteiger partial charge is 0.166 e. The summed E-state index contributed by atoms with van der Waals surface area (Å²) in [6.45, 7) is 3.50. The monoisotopic (exact) mass is 308 g/mol. The van der Waals surface area contributed by atoms with Gasteiger partial charge in [-0.1, -0.05) is 41.9 Å². The predicted octanol–water partition coefficient (Wildman–Crippen LogP) is 2.76. The lowest BCUT2D eigenvalue weighted by atomic mass is 10.1. The molecule has 0 fully saturated rings. The number of nitrogens with one attached hydrogen (secondary N) is 2. The summed E-state index contributed by atoms with van der Waals surface area (Å²) in [5.41, 5.74) is 1.20. The van der Waals surface area contributed by atoms with Crippen molar-refractivity contribution in [2.75, 3.05) is 6.54 Å². The first-order chi connectivity index (χ1) is 9.65. The average Bonchev–Trinajstić information content (AvgIpc) is 2.85. The molecule has 6 heteroatoms. The van der Waals surface area contributed by atoms with Gasteiger partial charge < -0.3 is 10.6 Å². The summed E-state index contributed by atoms with van der Waals surface area (Å²) in [6, 6.07) is 10.4. The molecule has 1 heterocycles. The fourth-order valence-electron chi connectivity index (χ4n) is 1.82. The normalized spacial score (nSPS) is 11.9. The zero-order valence-electron chi connectivity index (χ0n) is 11.2. The zero-order valence-corrected chi connectivity index (χ0v) is 12.8. The van der Waals surface area contributed by atoms with Crippen molar-refractivity contribution in [3.63, 3.8) is 0 Å². The molecule has 2 rings (SSSR count). The maximum absolute atomic E-state index is 5.80. The summed E-state index contributed by atoms with van der Waals surface area (Å²) < 4.78 is 1.78. The molecule has 1 aromatic carbocycles. The van der Waals surface area contributed by atoms with Crippen molar-refractivity contribution in [3.8, 4) is 0 Å². The molecular formula is C14H17ClN4S. The van der Waals surface area contributed by atoms with Gasteiger partial charge in [0.2, 0.25) is 0 Å². The van der Waals surface area contributed by atoms with Crippen LogP contribution in [0.4, 0.5) is 0 Å². The van der Waals surface area contributed by atoms with Gasteiger partial charge in [0.25, 0.3) is 0 Å². The van der Waals surface area contributed by atoms with Crippen LogP contribution in [-0.2, 0) is 6.54 Å². The van der Waals surface area contributed by atoms with E-state index in [1.807, 2.05) is 18.2 Å². The molecule has 2 aromatic rings. The first-order valence-corrected chi connectivity index (χ1v) is 7.21. The van der Waals surface area contributed by atoms with Crippen LogP contribution in [0.2, 0.25) is 5.02 Å². The van der Waals surface area contributed by atoms with Gasteiger partial charge >= 0.3 is 0 Å². The first kappa shape index (κ1) is 14.8. The van der Waals surface area contributed by atoms with Gasteiger partial charge in [0.1, 0.15) is 0 Å². The number of nitrogens with zero attached hydrogens (tertiary/aromatic N) is 2. The fraction of sp³-hybridized carbons (Fsp3) is 0.286. The van der Waals surface area contributed by atoms with E-state index in [0.29, 0.717) is 23.2 Å². The van der Waals surface area contributed by atoms with Crippen molar-refractivity contribution in [2.45, 2.75) is 19.5 Å². The van der Waals surface area contributed by atoms with Gasteiger partial charge in [-0.15, -0.1) is 0 Å². The zero-order chi connectivity index (χ0) is 14.4. The summed E-state index contributed by atoms with van der Waals surface area (Å²) in [4.78, 5) is 0. The second-order valence-corrected chi connectivity index (χ2v) is 5.30. The van der Waals surface area contributed by atoms with Crippen LogP contribution in [0.1, 0.15) is 18.5 Å². The summed E-state index contributed by atoms with van der Waals surface area (Å²) in [6.07, 6.45) is 3.40. The van der Waals surface area contributed by atoms with Crippen LogP contribution in [-0.4, -0.2) is 21.4 Å². The van der Waals surface area contributed by atoms with Crippen LogP contribution >= 0.6 is 23.8 Å². The number of benzene rings is 1. The molecule has 0 radical (unpaired) electrons. The van der Waals surface area contributed by atoms with Crippen molar-refractivity contribution >= 4 is 28.9 Å². The largest absolute Gasteiger partial charge is 0.361 e. The lowest BCUT2D eigenvalue weighted by molar-refractivity contribution is 0.595. The highest BCUT2D eigenvalue weighted by Gasteiger charge is 2.05. The summed E-state index contributed by atoms with van der Waals surface area (Å²) in [5.74, 6) is 0. The minimum absolute atomic E-state index is 0.176. The second-order valence-electron chi connectivity index (χ2n) is 4.45. The molecular weight excluding hydrogens is 292 g/mol. The minimum Gasteiger partial charge on any atom is -0.361 e. The fourth-order valence-corrected chi connectivity index (χ4v) is 2.25. The molecule has 1 aromatic heterocycles. The van der Waals surface area contributed by atoms with Gasteiger partial charge in [-0.05, 0) is 24.7 Å². The van der Waals surface area contributed by atoms with Crippen molar-refractivity contribution in [1.82, 2.24) is 20.4 Å². The molecule has 1 atom stereocenters. The maximum Gasteiger partial charge on any atom is 0.166 e. The number of thiocarbonyl (C=S) groups is 1. The third kappa shape index (κ3) is 4.51. The number of hydrogen-bond donors (Lipinski definition) is 2. The molecule has 1 unspecified atom stereocenters. The maximum atomic E-state index is 5.80. The van der Waals surface area contributed by atoms with Gasteiger partial charge in [-0.25, -0.2) is 0 Å². The van der Waals surface area contributed by atoms with E-state index in [2.05, 4.69) is 34.8 Å². The van der Waals surface area contributed by atoms with E-state index >= 15 is 0 Å². The van der Waals surface area contributed by atoms with Crippen LogP contribution in [0.3, 0.4) is 0 Å². The standard InChI is InChI=1S/C14H17ClN4S/c1-11(12-5-3-2-4-6-12)18-14(20)16-7-8-19-10-13(15)9-17-19/h2-6,9-11H,7-8H2,1H3,(H2,16,18,20). The highest BCUT2D eigenvalue weighted by Crippen LogP contribution is 2.10. The van der Waals surface area contributed by atoms with Gasteiger partial charge in [0, 0.05) is 12.7 Å². The number of rotatable bonds is 5. The molecule has 2 N–H and O–H groups in total. The Bertz CT molecular complexity index is 555. The summed E-state index contributed by atoms with van der Waals surface area (Å²) in [7, 11) is 0. The van der Waals surface area contributed by atoms with E-state index in [1.54, 1.807) is 17.1 Å². The third-order valence-electron chi connectivity index (χ3n) is 2.88. The second kappa shape index (κ2) is 7.26. The number of halogens is 1. The molecule has 0 amide bonds. The Balaban J connectivity index is 1.73. The number of hydrogen-bond acceptors (Lipinski definition) is 2. The number of aromatic nitrogens is 2. The van der Waals surface area contributed by atoms with Crippen LogP contribution in [0.15, 0.2) is 42.7 Å². The third-order valence-corrected chi connectivity index (χ3v) is 3.33. The van der Waals surface area contributed by atoms with Gasteiger partial charge in [-0.2, -0.15) is 5.10 Å². The topological polar surface area (TPSA) is 41.9 Å². The van der Waals surface area contributed by atoms with Gasteiger partial charge in [0.05, 0.1) is 23.8 Å². The Kier molecular flexibility index (Phi) is 5.38. The molecule has 0 spiro atoms. The molecule has 0 aliphatic carbocycles. The highest BCUT2D eigenvalue weighted by molar-refractivity contribution is 7.80. The summed E-state index contributed by atoms with van der Waals surface area (Å²) >= 11 is 11.1. The quantitative estimate of drug-likeness (QED) is 0.834. The Hall–Kier alpha value is -1.59. The Morgan fingerprint density at radius 3 is 2.80 bits per heavy atom. The van der Waals surface area contributed by atoms with Crippen LogP contribution in [0, 0.1) is 0 Å². The molecule has 0 bridgehead atoms. The van der Waals surface area contributed by atoms with Crippen LogP contribution in [0.25, 0.3) is 0 Å². The first-order valence-electron chi connectivity index (χ1n) is 6.42. The Labute approximate surface area is 129 Å². The van der Waals surface area contributed by atoms with Crippen molar-refractivity contribution in [1.29, 1.82) is 0 Å². The molecule has 0 saturated carbocycles. The van der Waals surface area contributed by atoms with E-state index in [9.17, 15) is 0 Å². The Morgan fingerprint density at radius 1 is 1.40 bits per heavy atom. The molecule has 0 saturated heterocycles. The lowest BCUT2D eigenvalue weighted by Crippen LogP contribution is -2.38. The van der Waals surface area contributed by atoms with Crippen LogP contribution < -0.4 is 10.6 Å².